The summed E-state index contributed by atoms with van der Waals surface area (Å²) in [7, 11) is 0. The van der Waals surface area contributed by atoms with Crippen LogP contribution in [0.3, 0.4) is 0 Å². The fourth-order valence-corrected chi connectivity index (χ4v) is 2.59. The second kappa shape index (κ2) is 8.39. The van der Waals surface area contributed by atoms with Crippen molar-refractivity contribution in [2.75, 3.05) is 18.6 Å². The van der Waals surface area contributed by atoms with Crippen molar-refractivity contribution >= 4 is 30.1 Å². The third kappa shape index (κ3) is 4.58. The summed E-state index contributed by atoms with van der Waals surface area (Å²) in [5.74, 6) is 1.74. The van der Waals surface area contributed by atoms with E-state index in [1.165, 1.54) is 0 Å². The Morgan fingerprint density at radius 1 is 1.55 bits per heavy atom. The number of halogens is 1. The van der Waals surface area contributed by atoms with E-state index in [4.69, 9.17) is 10.5 Å². The van der Waals surface area contributed by atoms with E-state index in [2.05, 4.69) is 5.32 Å². The number of fused-ring (bicyclic) bond motifs is 1. The van der Waals surface area contributed by atoms with Crippen LogP contribution < -0.4 is 15.8 Å². The smallest absolute Gasteiger partial charge is 0.237 e. The maximum atomic E-state index is 11.9. The molecular weight excluding hydrogens is 296 g/mol. The Balaban J connectivity index is 0.00000200. The van der Waals surface area contributed by atoms with Crippen molar-refractivity contribution in [3.63, 3.8) is 0 Å². The summed E-state index contributed by atoms with van der Waals surface area (Å²) >= 11 is 1.70. The fraction of sp³-hybridized carbons (Fsp3) is 0.500. The molecule has 1 aliphatic heterocycles. The minimum absolute atomic E-state index is 0. The van der Waals surface area contributed by atoms with Gasteiger partial charge in [0.25, 0.3) is 0 Å². The summed E-state index contributed by atoms with van der Waals surface area (Å²) in [5, 5.41) is 2.97. The van der Waals surface area contributed by atoms with Gasteiger partial charge in [-0.15, -0.1) is 12.4 Å². The molecule has 1 amide bonds. The average molecular weight is 317 g/mol. The van der Waals surface area contributed by atoms with Gasteiger partial charge in [-0.3, -0.25) is 4.79 Å². The van der Waals surface area contributed by atoms with E-state index >= 15 is 0 Å². The van der Waals surface area contributed by atoms with Gasteiger partial charge in [-0.25, -0.2) is 0 Å². The van der Waals surface area contributed by atoms with E-state index in [1.54, 1.807) is 11.8 Å². The van der Waals surface area contributed by atoms with Crippen molar-refractivity contribution in [3.05, 3.63) is 29.8 Å². The van der Waals surface area contributed by atoms with Crippen LogP contribution in [0.15, 0.2) is 24.3 Å². The lowest BCUT2D eigenvalue weighted by atomic mass is 10.0. The van der Waals surface area contributed by atoms with Crippen LogP contribution in [0.2, 0.25) is 0 Å². The number of benzene rings is 1. The molecule has 112 valence electrons. The largest absolute Gasteiger partial charge is 0.491 e. The van der Waals surface area contributed by atoms with E-state index in [9.17, 15) is 4.79 Å². The number of amides is 1. The lowest BCUT2D eigenvalue weighted by molar-refractivity contribution is -0.123. The van der Waals surface area contributed by atoms with Gasteiger partial charge >= 0.3 is 0 Å². The number of hydrogen-bond donors (Lipinski definition) is 2. The Kier molecular flexibility index (Phi) is 7.19. The predicted molar refractivity (Wildman–Crippen MR) is 85.8 cm³/mol. The van der Waals surface area contributed by atoms with Gasteiger partial charge in [0.05, 0.1) is 12.1 Å². The van der Waals surface area contributed by atoms with Gasteiger partial charge < -0.3 is 15.8 Å². The molecule has 1 aromatic rings. The number of para-hydroxylation sites is 1. The minimum Gasteiger partial charge on any atom is -0.491 e. The molecule has 2 atom stereocenters. The second-order valence-corrected chi connectivity index (χ2v) is 5.70. The highest BCUT2D eigenvalue weighted by molar-refractivity contribution is 7.98. The summed E-state index contributed by atoms with van der Waals surface area (Å²) in [4.78, 5) is 11.9. The monoisotopic (exact) mass is 316 g/mol. The highest BCUT2D eigenvalue weighted by Gasteiger charge is 2.23. The first-order valence-corrected chi connectivity index (χ1v) is 7.85. The molecule has 20 heavy (non-hydrogen) atoms. The first-order valence-electron chi connectivity index (χ1n) is 6.46. The second-order valence-electron chi connectivity index (χ2n) is 4.72. The van der Waals surface area contributed by atoms with Crippen LogP contribution in [0.4, 0.5) is 0 Å². The molecule has 0 spiro atoms. The molecule has 0 aromatic heterocycles. The molecule has 0 saturated heterocycles. The maximum Gasteiger partial charge on any atom is 0.237 e. The molecule has 0 saturated carbocycles. The lowest BCUT2D eigenvalue weighted by Crippen LogP contribution is -2.49. The van der Waals surface area contributed by atoms with Crippen LogP contribution >= 0.6 is 24.2 Å². The SMILES string of the molecule is CSCC[C@H](N)C(=O)NC1COc2ccccc2C1.Cl. The molecule has 1 unspecified atom stereocenters. The zero-order chi connectivity index (χ0) is 13.7. The molecule has 1 aromatic carbocycles. The van der Waals surface area contributed by atoms with Crippen molar-refractivity contribution in [1.29, 1.82) is 0 Å². The lowest BCUT2D eigenvalue weighted by Gasteiger charge is -2.27. The summed E-state index contributed by atoms with van der Waals surface area (Å²) in [6.07, 6.45) is 3.52. The van der Waals surface area contributed by atoms with Gasteiger partial charge in [-0.05, 0) is 36.5 Å². The maximum absolute atomic E-state index is 11.9. The van der Waals surface area contributed by atoms with Crippen LogP contribution in [0.1, 0.15) is 12.0 Å². The van der Waals surface area contributed by atoms with Crippen LogP contribution in [-0.2, 0) is 11.2 Å². The zero-order valence-electron chi connectivity index (χ0n) is 11.5. The molecular formula is C14H21ClN2O2S. The van der Waals surface area contributed by atoms with Crippen LogP contribution in [0, 0.1) is 0 Å². The number of carbonyl (C=O) groups is 1. The quantitative estimate of drug-likeness (QED) is 0.866. The predicted octanol–water partition coefficient (Wildman–Crippen LogP) is 1.61. The Morgan fingerprint density at radius 2 is 2.30 bits per heavy atom. The highest BCUT2D eigenvalue weighted by atomic mass is 35.5. The normalized spacial score (nSPS) is 18.2. The number of rotatable bonds is 5. The number of carbonyl (C=O) groups excluding carboxylic acids is 1. The van der Waals surface area contributed by atoms with E-state index in [0.717, 1.165) is 23.5 Å². The third-order valence-corrected chi connectivity index (χ3v) is 3.84. The van der Waals surface area contributed by atoms with Crippen molar-refractivity contribution in [2.24, 2.45) is 5.73 Å². The Morgan fingerprint density at radius 3 is 3.05 bits per heavy atom. The van der Waals surface area contributed by atoms with Gasteiger partial charge in [0.15, 0.2) is 0 Å². The van der Waals surface area contributed by atoms with Crippen molar-refractivity contribution in [3.8, 4) is 5.75 Å². The van der Waals surface area contributed by atoms with E-state index < -0.39 is 6.04 Å². The van der Waals surface area contributed by atoms with E-state index in [0.29, 0.717) is 13.0 Å². The van der Waals surface area contributed by atoms with Gasteiger partial charge in [-0.2, -0.15) is 11.8 Å². The van der Waals surface area contributed by atoms with Crippen molar-refractivity contribution < 1.29 is 9.53 Å². The Labute approximate surface area is 130 Å². The van der Waals surface area contributed by atoms with Crippen LogP contribution in [0.25, 0.3) is 0 Å². The standard InChI is InChI=1S/C14H20N2O2S.ClH/c1-19-7-6-12(15)14(17)16-11-8-10-4-2-3-5-13(10)18-9-11;/h2-5,11-12H,6-9,15H2,1H3,(H,16,17);1H/t11?,12-;/m0./s1. The molecule has 2 rings (SSSR count). The van der Waals surface area contributed by atoms with E-state index in [-0.39, 0.29) is 24.4 Å². The fourth-order valence-electron chi connectivity index (χ4n) is 2.10. The van der Waals surface area contributed by atoms with Crippen LogP contribution in [0.5, 0.6) is 5.75 Å². The van der Waals surface area contributed by atoms with Gasteiger partial charge in [0.1, 0.15) is 12.4 Å². The van der Waals surface area contributed by atoms with E-state index in [1.807, 2.05) is 30.5 Å². The number of thioether (sulfide) groups is 1. The highest BCUT2D eigenvalue weighted by Crippen LogP contribution is 2.23. The van der Waals surface area contributed by atoms with Gasteiger partial charge in [0.2, 0.25) is 5.91 Å². The van der Waals surface area contributed by atoms with Gasteiger partial charge in [0, 0.05) is 0 Å². The molecule has 1 aliphatic rings. The van der Waals surface area contributed by atoms with Crippen molar-refractivity contribution in [2.45, 2.75) is 24.9 Å². The van der Waals surface area contributed by atoms with Crippen LogP contribution in [-0.4, -0.2) is 36.6 Å². The molecule has 0 radical (unpaired) electrons. The summed E-state index contributed by atoms with van der Waals surface area (Å²) < 4.78 is 5.64. The number of ether oxygens (including phenoxy) is 1. The van der Waals surface area contributed by atoms with Gasteiger partial charge in [-0.1, -0.05) is 18.2 Å². The number of nitrogens with one attached hydrogen (secondary N) is 1. The summed E-state index contributed by atoms with van der Waals surface area (Å²) in [6, 6.07) is 7.51. The molecule has 0 fully saturated rings. The third-order valence-electron chi connectivity index (χ3n) is 3.20. The molecule has 4 nitrogen and oxygen atoms in total. The first-order chi connectivity index (χ1) is 9.20. The Bertz CT molecular complexity index is 445. The molecule has 0 aliphatic carbocycles. The minimum atomic E-state index is -0.426. The average Bonchev–Trinajstić information content (AvgIpc) is 2.44. The number of nitrogens with two attached hydrogens (primary N) is 1. The number of hydrogen-bond acceptors (Lipinski definition) is 4. The zero-order valence-corrected chi connectivity index (χ0v) is 13.1. The molecule has 3 N–H and O–H groups in total. The van der Waals surface area contributed by atoms with Crippen molar-refractivity contribution in [1.82, 2.24) is 5.32 Å². The molecule has 0 bridgehead atoms. The summed E-state index contributed by atoms with van der Waals surface area (Å²) in [6.45, 7) is 0.512. The first kappa shape index (κ1) is 17.1. The molecule has 6 heteroatoms. The topological polar surface area (TPSA) is 64.4 Å². The Hall–Kier alpha value is -0.910. The summed E-state index contributed by atoms with van der Waals surface area (Å²) in [5.41, 5.74) is 6.98. The molecule has 1 heterocycles.